The normalized spacial score (nSPS) is 9.73. The smallest absolute Gasteiger partial charge is 0.339 e. The quantitative estimate of drug-likeness (QED) is 0.723. The molecular formula is C10H13NO4. The molecule has 5 heteroatoms. The van der Waals surface area contributed by atoms with E-state index in [1.165, 1.54) is 6.20 Å². The fourth-order valence-electron chi connectivity index (χ4n) is 0.951. The lowest BCUT2D eigenvalue weighted by Crippen LogP contribution is -2.06. The molecule has 0 unspecified atom stereocenters. The number of aliphatic hydroxyl groups excluding tert-OH is 1. The minimum Gasteiger partial charge on any atom is -0.475 e. The number of esters is 1. The SMILES string of the molecule is CCOC(=O)c1ccc(OCCO)nc1. The minimum absolute atomic E-state index is 0.0681. The van der Waals surface area contributed by atoms with Crippen molar-refractivity contribution in [2.75, 3.05) is 19.8 Å². The average Bonchev–Trinajstić information content (AvgIpc) is 2.27. The molecule has 0 aliphatic rings. The molecule has 1 aromatic heterocycles. The Bertz CT molecular complexity index is 310. The van der Waals surface area contributed by atoms with Gasteiger partial charge in [-0.1, -0.05) is 0 Å². The van der Waals surface area contributed by atoms with Crippen molar-refractivity contribution >= 4 is 5.97 Å². The highest BCUT2D eigenvalue weighted by Gasteiger charge is 2.06. The van der Waals surface area contributed by atoms with Gasteiger partial charge in [-0.15, -0.1) is 0 Å². The molecule has 1 N–H and O–H groups in total. The van der Waals surface area contributed by atoms with Gasteiger partial charge < -0.3 is 14.6 Å². The van der Waals surface area contributed by atoms with Crippen molar-refractivity contribution in [3.8, 4) is 5.88 Å². The van der Waals surface area contributed by atoms with Crippen LogP contribution in [0.5, 0.6) is 5.88 Å². The van der Waals surface area contributed by atoms with Crippen LogP contribution in [0.2, 0.25) is 0 Å². The van der Waals surface area contributed by atoms with Crippen molar-refractivity contribution in [1.82, 2.24) is 4.98 Å². The molecule has 0 atom stereocenters. The molecule has 5 nitrogen and oxygen atoms in total. The summed E-state index contributed by atoms with van der Waals surface area (Å²) >= 11 is 0. The van der Waals surface area contributed by atoms with Crippen molar-refractivity contribution in [2.45, 2.75) is 6.92 Å². The van der Waals surface area contributed by atoms with Crippen molar-refractivity contribution in [2.24, 2.45) is 0 Å². The molecule has 0 aromatic carbocycles. The average molecular weight is 211 g/mol. The summed E-state index contributed by atoms with van der Waals surface area (Å²) in [7, 11) is 0. The fraction of sp³-hybridized carbons (Fsp3) is 0.400. The van der Waals surface area contributed by atoms with Crippen LogP contribution in [0, 0.1) is 0 Å². The number of ether oxygens (including phenoxy) is 2. The van der Waals surface area contributed by atoms with E-state index in [0.29, 0.717) is 18.1 Å². The zero-order valence-electron chi connectivity index (χ0n) is 8.47. The summed E-state index contributed by atoms with van der Waals surface area (Å²) in [5.74, 6) is -0.0317. The summed E-state index contributed by atoms with van der Waals surface area (Å²) in [6, 6.07) is 3.12. The van der Waals surface area contributed by atoms with Crippen LogP contribution >= 0.6 is 0 Å². The maximum atomic E-state index is 11.2. The predicted molar refractivity (Wildman–Crippen MR) is 52.8 cm³/mol. The summed E-state index contributed by atoms with van der Waals surface area (Å²) in [4.78, 5) is 15.1. The standard InChI is InChI=1S/C10H13NO4/c1-2-14-10(13)8-3-4-9(11-7-8)15-6-5-12/h3-4,7,12H,2,5-6H2,1H3. The summed E-state index contributed by atoms with van der Waals surface area (Å²) in [5.41, 5.74) is 0.383. The van der Waals surface area contributed by atoms with Gasteiger partial charge in [0.05, 0.1) is 18.8 Å². The highest BCUT2D eigenvalue weighted by atomic mass is 16.5. The van der Waals surface area contributed by atoms with Gasteiger partial charge in [-0.05, 0) is 13.0 Å². The molecule has 15 heavy (non-hydrogen) atoms. The van der Waals surface area contributed by atoms with Crippen LogP contribution in [0.4, 0.5) is 0 Å². The molecule has 0 fully saturated rings. The first-order chi connectivity index (χ1) is 7.27. The van der Waals surface area contributed by atoms with E-state index in [-0.39, 0.29) is 13.2 Å². The van der Waals surface area contributed by atoms with Gasteiger partial charge in [0.15, 0.2) is 0 Å². The summed E-state index contributed by atoms with van der Waals surface area (Å²) in [6.07, 6.45) is 1.38. The Kier molecular flexibility index (Phi) is 4.56. The molecule has 0 spiro atoms. The summed E-state index contributed by atoms with van der Waals surface area (Å²) in [6.45, 7) is 2.19. The van der Waals surface area contributed by atoms with Gasteiger partial charge in [-0.25, -0.2) is 9.78 Å². The molecule has 0 aliphatic heterocycles. The molecule has 0 radical (unpaired) electrons. The monoisotopic (exact) mass is 211 g/mol. The second kappa shape index (κ2) is 5.98. The first-order valence-corrected chi connectivity index (χ1v) is 4.64. The molecule has 0 amide bonds. The third kappa shape index (κ3) is 3.55. The van der Waals surface area contributed by atoms with E-state index in [1.54, 1.807) is 19.1 Å². The van der Waals surface area contributed by atoms with Crippen molar-refractivity contribution in [3.63, 3.8) is 0 Å². The molecule has 1 rings (SSSR count). The second-order valence-corrected chi connectivity index (χ2v) is 2.68. The van der Waals surface area contributed by atoms with Crippen LogP contribution in [0.1, 0.15) is 17.3 Å². The lowest BCUT2D eigenvalue weighted by atomic mass is 10.3. The fourth-order valence-corrected chi connectivity index (χ4v) is 0.951. The number of carbonyl (C=O) groups excluding carboxylic acids is 1. The van der Waals surface area contributed by atoms with Crippen LogP contribution in [0.3, 0.4) is 0 Å². The van der Waals surface area contributed by atoms with Crippen molar-refractivity contribution in [1.29, 1.82) is 0 Å². The first-order valence-electron chi connectivity index (χ1n) is 4.64. The number of aromatic nitrogens is 1. The molecule has 0 saturated heterocycles. The first kappa shape index (κ1) is 11.5. The van der Waals surface area contributed by atoms with Crippen LogP contribution in [0.25, 0.3) is 0 Å². The molecule has 1 aromatic rings. The van der Waals surface area contributed by atoms with E-state index >= 15 is 0 Å². The van der Waals surface area contributed by atoms with Crippen molar-refractivity contribution < 1.29 is 19.4 Å². The number of pyridine rings is 1. The highest BCUT2D eigenvalue weighted by molar-refractivity contribution is 5.89. The Morgan fingerprint density at radius 3 is 2.87 bits per heavy atom. The second-order valence-electron chi connectivity index (χ2n) is 2.68. The van der Waals surface area contributed by atoms with E-state index in [9.17, 15) is 4.79 Å². The molecule has 82 valence electrons. The largest absolute Gasteiger partial charge is 0.475 e. The topological polar surface area (TPSA) is 68.7 Å². The van der Waals surface area contributed by atoms with Gasteiger partial charge in [0.1, 0.15) is 6.61 Å². The van der Waals surface area contributed by atoms with Crippen molar-refractivity contribution in [3.05, 3.63) is 23.9 Å². The number of carbonyl (C=O) groups is 1. The van der Waals surface area contributed by atoms with E-state index in [0.717, 1.165) is 0 Å². The summed E-state index contributed by atoms with van der Waals surface area (Å²) < 4.78 is 9.83. The molecule has 0 saturated carbocycles. The Morgan fingerprint density at radius 1 is 1.53 bits per heavy atom. The highest BCUT2D eigenvalue weighted by Crippen LogP contribution is 2.08. The van der Waals surface area contributed by atoms with Gasteiger partial charge in [-0.2, -0.15) is 0 Å². The van der Waals surface area contributed by atoms with Crippen LogP contribution < -0.4 is 4.74 Å². The zero-order chi connectivity index (χ0) is 11.1. The lowest BCUT2D eigenvalue weighted by Gasteiger charge is -2.04. The third-order valence-electron chi connectivity index (χ3n) is 1.59. The van der Waals surface area contributed by atoms with E-state index in [4.69, 9.17) is 14.6 Å². The van der Waals surface area contributed by atoms with Gasteiger partial charge in [0, 0.05) is 12.3 Å². The third-order valence-corrected chi connectivity index (χ3v) is 1.59. The molecule has 0 bridgehead atoms. The lowest BCUT2D eigenvalue weighted by molar-refractivity contribution is 0.0525. The number of aliphatic hydroxyl groups is 1. The molecule has 0 aliphatic carbocycles. The number of nitrogens with zero attached hydrogens (tertiary/aromatic N) is 1. The molecular weight excluding hydrogens is 198 g/mol. The van der Waals surface area contributed by atoms with Crippen LogP contribution in [-0.2, 0) is 4.74 Å². The van der Waals surface area contributed by atoms with Crippen LogP contribution in [0.15, 0.2) is 18.3 Å². The number of rotatable bonds is 5. The van der Waals surface area contributed by atoms with Gasteiger partial charge in [0.25, 0.3) is 0 Å². The van der Waals surface area contributed by atoms with E-state index in [2.05, 4.69) is 4.98 Å². The Labute approximate surface area is 87.7 Å². The minimum atomic E-state index is -0.404. The van der Waals surface area contributed by atoms with E-state index in [1.807, 2.05) is 0 Å². The van der Waals surface area contributed by atoms with E-state index < -0.39 is 5.97 Å². The number of hydrogen-bond donors (Lipinski definition) is 1. The Balaban J connectivity index is 2.59. The van der Waals surface area contributed by atoms with Gasteiger partial charge in [0.2, 0.25) is 5.88 Å². The number of hydrogen-bond acceptors (Lipinski definition) is 5. The Hall–Kier alpha value is -1.62. The van der Waals surface area contributed by atoms with Gasteiger partial charge >= 0.3 is 5.97 Å². The van der Waals surface area contributed by atoms with Crippen LogP contribution in [-0.4, -0.2) is 35.9 Å². The molecule has 1 heterocycles. The zero-order valence-corrected chi connectivity index (χ0v) is 8.47. The maximum absolute atomic E-state index is 11.2. The predicted octanol–water partition coefficient (Wildman–Crippen LogP) is 0.629. The Morgan fingerprint density at radius 2 is 2.33 bits per heavy atom. The summed E-state index contributed by atoms with van der Waals surface area (Å²) in [5, 5.41) is 8.51. The maximum Gasteiger partial charge on any atom is 0.339 e. The van der Waals surface area contributed by atoms with Gasteiger partial charge in [-0.3, -0.25) is 0 Å².